The van der Waals surface area contributed by atoms with Crippen LogP contribution in [0.1, 0.15) is 18.9 Å². The van der Waals surface area contributed by atoms with Gasteiger partial charge in [0.15, 0.2) is 0 Å². The first kappa shape index (κ1) is 9.19. The highest BCUT2D eigenvalue weighted by atomic mass is 19.1. The van der Waals surface area contributed by atoms with Crippen molar-refractivity contribution in [1.82, 2.24) is 0 Å². The molecule has 1 aromatic rings. The first-order chi connectivity index (χ1) is 6.57. The number of hydrogen-bond donors (Lipinski definition) is 1. The second-order valence-electron chi connectivity index (χ2n) is 3.89. The van der Waals surface area contributed by atoms with Crippen LogP contribution in [0.15, 0.2) is 24.3 Å². The Bertz CT molecular complexity index is 389. The van der Waals surface area contributed by atoms with E-state index in [0.717, 1.165) is 0 Å². The topological polar surface area (TPSA) is 37.3 Å². The summed E-state index contributed by atoms with van der Waals surface area (Å²) in [5.74, 6) is -1.13. The van der Waals surface area contributed by atoms with Gasteiger partial charge in [0.25, 0.3) is 0 Å². The Morgan fingerprint density at radius 3 is 2.71 bits per heavy atom. The van der Waals surface area contributed by atoms with Crippen molar-refractivity contribution in [2.45, 2.75) is 18.8 Å². The van der Waals surface area contributed by atoms with E-state index in [4.69, 9.17) is 5.11 Å². The SMILES string of the molecule is CC1CC1(C(=O)O)c1cccc(F)c1. The highest BCUT2D eigenvalue weighted by molar-refractivity contribution is 5.85. The number of hydrogen-bond acceptors (Lipinski definition) is 1. The van der Waals surface area contributed by atoms with E-state index < -0.39 is 11.4 Å². The standard InChI is InChI=1S/C11H11FO2/c1-7-6-11(7,10(13)14)8-3-2-4-9(12)5-8/h2-5,7H,6H2,1H3,(H,13,14). The minimum Gasteiger partial charge on any atom is -0.481 e. The fourth-order valence-electron chi connectivity index (χ4n) is 2.01. The van der Waals surface area contributed by atoms with Crippen LogP contribution in [-0.2, 0) is 10.2 Å². The van der Waals surface area contributed by atoms with Crippen molar-refractivity contribution in [3.63, 3.8) is 0 Å². The lowest BCUT2D eigenvalue weighted by Crippen LogP contribution is -2.21. The molecule has 0 aliphatic heterocycles. The van der Waals surface area contributed by atoms with E-state index in [1.54, 1.807) is 12.1 Å². The number of halogens is 1. The molecule has 1 saturated carbocycles. The zero-order valence-electron chi connectivity index (χ0n) is 7.83. The van der Waals surface area contributed by atoms with Crippen LogP contribution in [0.4, 0.5) is 4.39 Å². The minimum atomic E-state index is -0.851. The van der Waals surface area contributed by atoms with E-state index in [2.05, 4.69) is 0 Å². The predicted octanol–water partition coefficient (Wildman–Crippen LogP) is 2.19. The molecule has 14 heavy (non-hydrogen) atoms. The Balaban J connectivity index is 2.44. The van der Waals surface area contributed by atoms with E-state index in [1.807, 2.05) is 6.92 Å². The first-order valence-electron chi connectivity index (χ1n) is 4.57. The van der Waals surface area contributed by atoms with Gasteiger partial charge in [0, 0.05) is 0 Å². The summed E-state index contributed by atoms with van der Waals surface area (Å²) in [4.78, 5) is 11.1. The molecule has 1 aromatic carbocycles. The predicted molar refractivity (Wildman–Crippen MR) is 49.5 cm³/mol. The zero-order chi connectivity index (χ0) is 10.3. The summed E-state index contributed by atoms with van der Waals surface area (Å²) in [6, 6.07) is 5.88. The highest BCUT2D eigenvalue weighted by Crippen LogP contribution is 2.54. The molecule has 74 valence electrons. The zero-order valence-corrected chi connectivity index (χ0v) is 7.83. The van der Waals surface area contributed by atoms with Gasteiger partial charge in [-0.25, -0.2) is 4.39 Å². The Morgan fingerprint density at radius 2 is 2.29 bits per heavy atom. The van der Waals surface area contributed by atoms with Gasteiger partial charge in [-0.2, -0.15) is 0 Å². The van der Waals surface area contributed by atoms with E-state index >= 15 is 0 Å². The van der Waals surface area contributed by atoms with E-state index in [-0.39, 0.29) is 11.7 Å². The van der Waals surface area contributed by atoms with Gasteiger partial charge in [-0.15, -0.1) is 0 Å². The molecule has 2 nitrogen and oxygen atoms in total. The fraction of sp³-hybridized carbons (Fsp3) is 0.364. The lowest BCUT2D eigenvalue weighted by molar-refractivity contribution is -0.140. The maximum Gasteiger partial charge on any atom is 0.314 e. The molecular formula is C11H11FO2. The van der Waals surface area contributed by atoms with Crippen molar-refractivity contribution in [3.05, 3.63) is 35.6 Å². The molecule has 2 unspecified atom stereocenters. The summed E-state index contributed by atoms with van der Waals surface area (Å²) in [6.45, 7) is 1.87. The minimum absolute atomic E-state index is 0.0989. The van der Waals surface area contributed by atoms with Crippen molar-refractivity contribution < 1.29 is 14.3 Å². The van der Waals surface area contributed by atoms with Gasteiger partial charge in [-0.3, -0.25) is 4.79 Å². The summed E-state index contributed by atoms with van der Waals surface area (Å²) in [6.07, 6.45) is 0.603. The third-order valence-electron chi connectivity index (χ3n) is 3.03. The molecule has 1 aliphatic carbocycles. The maximum absolute atomic E-state index is 12.9. The molecule has 0 heterocycles. The van der Waals surface area contributed by atoms with Gasteiger partial charge >= 0.3 is 5.97 Å². The molecule has 0 aromatic heterocycles. The van der Waals surface area contributed by atoms with Crippen molar-refractivity contribution in [2.75, 3.05) is 0 Å². The average Bonchev–Trinajstić information content (AvgIpc) is 2.79. The second kappa shape index (κ2) is 2.80. The molecule has 2 rings (SSSR count). The normalized spacial score (nSPS) is 30.0. The van der Waals surface area contributed by atoms with Crippen LogP contribution in [0.5, 0.6) is 0 Å². The number of rotatable bonds is 2. The summed E-state index contributed by atoms with van der Waals surface area (Å²) in [5.41, 5.74) is -0.250. The maximum atomic E-state index is 12.9. The van der Waals surface area contributed by atoms with Gasteiger partial charge in [-0.1, -0.05) is 19.1 Å². The van der Waals surface area contributed by atoms with E-state index in [0.29, 0.717) is 12.0 Å². The summed E-state index contributed by atoms with van der Waals surface area (Å²) < 4.78 is 12.9. The molecule has 0 bridgehead atoms. The van der Waals surface area contributed by atoms with Crippen LogP contribution in [-0.4, -0.2) is 11.1 Å². The molecule has 1 N–H and O–H groups in total. The Labute approximate surface area is 81.4 Å². The smallest absolute Gasteiger partial charge is 0.314 e. The summed E-state index contributed by atoms with van der Waals surface area (Å²) in [5, 5.41) is 9.10. The average molecular weight is 194 g/mol. The number of aliphatic carboxylic acids is 1. The molecule has 1 aliphatic rings. The highest BCUT2D eigenvalue weighted by Gasteiger charge is 2.59. The van der Waals surface area contributed by atoms with Crippen LogP contribution in [0, 0.1) is 11.7 Å². The van der Waals surface area contributed by atoms with Crippen LogP contribution < -0.4 is 0 Å². The molecule has 1 fully saturated rings. The van der Waals surface area contributed by atoms with E-state index in [9.17, 15) is 9.18 Å². The van der Waals surface area contributed by atoms with Gasteiger partial charge in [0.05, 0.1) is 5.41 Å². The lowest BCUT2D eigenvalue weighted by Gasteiger charge is -2.11. The lowest BCUT2D eigenvalue weighted by atomic mass is 9.94. The van der Waals surface area contributed by atoms with Crippen molar-refractivity contribution in [3.8, 4) is 0 Å². The van der Waals surface area contributed by atoms with Crippen LogP contribution >= 0.6 is 0 Å². The number of carboxylic acid groups (broad SMARTS) is 1. The Kier molecular flexibility index (Phi) is 1.84. The van der Waals surface area contributed by atoms with Gasteiger partial charge in [0.2, 0.25) is 0 Å². The largest absolute Gasteiger partial charge is 0.481 e. The molecule has 0 spiro atoms. The summed E-state index contributed by atoms with van der Waals surface area (Å²) >= 11 is 0. The van der Waals surface area contributed by atoms with Gasteiger partial charge < -0.3 is 5.11 Å². The van der Waals surface area contributed by atoms with Gasteiger partial charge in [-0.05, 0) is 30.0 Å². The molecule has 3 heteroatoms. The monoisotopic (exact) mass is 194 g/mol. The second-order valence-corrected chi connectivity index (χ2v) is 3.89. The van der Waals surface area contributed by atoms with Crippen molar-refractivity contribution in [1.29, 1.82) is 0 Å². The molecule has 2 atom stereocenters. The number of benzene rings is 1. The van der Waals surface area contributed by atoms with E-state index in [1.165, 1.54) is 12.1 Å². The molecule has 0 saturated heterocycles. The molecular weight excluding hydrogens is 183 g/mol. The third kappa shape index (κ3) is 1.12. The Morgan fingerprint density at radius 1 is 1.64 bits per heavy atom. The van der Waals surface area contributed by atoms with Crippen LogP contribution in [0.25, 0.3) is 0 Å². The number of carbonyl (C=O) groups is 1. The number of carboxylic acids is 1. The van der Waals surface area contributed by atoms with Gasteiger partial charge in [0.1, 0.15) is 5.82 Å². The molecule has 0 radical (unpaired) electrons. The van der Waals surface area contributed by atoms with Crippen molar-refractivity contribution in [2.24, 2.45) is 5.92 Å². The third-order valence-corrected chi connectivity index (χ3v) is 3.03. The van der Waals surface area contributed by atoms with Crippen LogP contribution in [0.2, 0.25) is 0 Å². The van der Waals surface area contributed by atoms with Crippen LogP contribution in [0.3, 0.4) is 0 Å². The first-order valence-corrected chi connectivity index (χ1v) is 4.57. The van der Waals surface area contributed by atoms with Crippen molar-refractivity contribution >= 4 is 5.97 Å². The molecule has 0 amide bonds. The quantitative estimate of drug-likeness (QED) is 0.783. The summed E-state index contributed by atoms with van der Waals surface area (Å²) in [7, 11) is 0. The fourth-order valence-corrected chi connectivity index (χ4v) is 2.01. The Hall–Kier alpha value is -1.38.